The van der Waals surface area contributed by atoms with Crippen molar-refractivity contribution in [2.24, 2.45) is 0 Å². The van der Waals surface area contributed by atoms with Gasteiger partial charge in [0.1, 0.15) is 0 Å². The molecule has 0 N–H and O–H groups in total. The maximum Gasteiger partial charge on any atom is 0.0614 e. The molecule has 0 heterocycles. The summed E-state index contributed by atoms with van der Waals surface area (Å²) < 4.78 is 1.17. The Labute approximate surface area is 128 Å². The smallest absolute Gasteiger partial charge is 0.0614 e. The van der Waals surface area contributed by atoms with Gasteiger partial charge in [0, 0.05) is 11.0 Å². The van der Waals surface area contributed by atoms with E-state index in [0.717, 1.165) is 13.1 Å². The highest BCUT2D eigenvalue weighted by atomic mass is 127. The molecule has 2 heteroatoms. The van der Waals surface area contributed by atoms with E-state index in [2.05, 4.69) is 82.9 Å². The Bertz CT molecular complexity index is 533. The molecule has 0 atom stereocenters. The van der Waals surface area contributed by atoms with E-state index >= 15 is 0 Å². The monoisotopic (exact) mass is 363 g/mol. The molecule has 0 aromatic heterocycles. The Morgan fingerprint density at radius 1 is 0.947 bits per heavy atom. The van der Waals surface area contributed by atoms with Crippen LogP contribution in [0.5, 0.6) is 0 Å². The van der Waals surface area contributed by atoms with Crippen LogP contribution in [-0.2, 0) is 0 Å². The Morgan fingerprint density at radius 3 is 1.95 bits per heavy atom. The zero-order valence-electron chi connectivity index (χ0n) is 11.1. The fourth-order valence-electron chi connectivity index (χ4n) is 3.10. The highest BCUT2D eigenvalue weighted by Crippen LogP contribution is 2.45. The van der Waals surface area contributed by atoms with Gasteiger partial charge < -0.3 is 0 Å². The lowest BCUT2D eigenvalue weighted by Crippen LogP contribution is -2.30. The molecule has 0 fully saturated rings. The molecular formula is C17H18IN. The maximum atomic E-state index is 2.58. The second-order valence-electron chi connectivity index (χ2n) is 4.89. The minimum atomic E-state index is 0.437. The van der Waals surface area contributed by atoms with E-state index in [1.165, 1.54) is 26.7 Å². The van der Waals surface area contributed by atoms with Gasteiger partial charge in [-0.1, -0.05) is 78.0 Å². The summed E-state index contributed by atoms with van der Waals surface area (Å²) in [6, 6.07) is 18.1. The molecule has 0 aliphatic heterocycles. The predicted octanol–water partition coefficient (Wildman–Crippen LogP) is 4.51. The molecule has 2 aromatic rings. The van der Waals surface area contributed by atoms with Crippen molar-refractivity contribution >= 4 is 22.6 Å². The quantitative estimate of drug-likeness (QED) is 0.571. The summed E-state index contributed by atoms with van der Waals surface area (Å²) in [5.41, 5.74) is 5.76. The number of halogens is 1. The fraction of sp³-hybridized carbons (Fsp3) is 0.294. The van der Waals surface area contributed by atoms with Crippen LogP contribution in [-0.4, -0.2) is 22.4 Å². The van der Waals surface area contributed by atoms with E-state index < -0.39 is 0 Å². The Kier molecular flexibility index (Phi) is 3.89. The average Bonchev–Trinajstić information content (AvgIpc) is 2.80. The molecule has 0 saturated heterocycles. The number of hydrogen-bond donors (Lipinski definition) is 0. The third-order valence-corrected chi connectivity index (χ3v) is 4.43. The van der Waals surface area contributed by atoms with E-state index in [4.69, 9.17) is 0 Å². The largest absolute Gasteiger partial charge is 0.292 e. The van der Waals surface area contributed by atoms with Crippen molar-refractivity contribution in [3.05, 3.63) is 59.7 Å². The van der Waals surface area contributed by atoms with Gasteiger partial charge in [-0.3, -0.25) is 4.90 Å². The minimum Gasteiger partial charge on any atom is -0.292 e. The molecule has 98 valence electrons. The first-order valence-electron chi connectivity index (χ1n) is 6.85. The van der Waals surface area contributed by atoms with Crippen molar-refractivity contribution in [2.75, 3.05) is 17.5 Å². The second kappa shape index (κ2) is 5.63. The molecule has 0 saturated carbocycles. The SMILES string of the molecule is CCN(CCI)C1c2ccccc2-c2ccccc21. The summed E-state index contributed by atoms with van der Waals surface area (Å²) in [5, 5.41) is 0. The van der Waals surface area contributed by atoms with Crippen LogP contribution >= 0.6 is 22.6 Å². The van der Waals surface area contributed by atoms with Crippen LogP contribution in [0.4, 0.5) is 0 Å². The molecule has 19 heavy (non-hydrogen) atoms. The first-order valence-corrected chi connectivity index (χ1v) is 8.37. The number of fused-ring (bicyclic) bond motifs is 3. The fourth-order valence-corrected chi connectivity index (χ4v) is 3.72. The molecule has 0 unspecified atom stereocenters. The van der Waals surface area contributed by atoms with Gasteiger partial charge in [0.25, 0.3) is 0 Å². The van der Waals surface area contributed by atoms with Gasteiger partial charge in [-0.15, -0.1) is 0 Å². The normalized spacial score (nSPS) is 13.6. The number of hydrogen-bond acceptors (Lipinski definition) is 1. The summed E-state index contributed by atoms with van der Waals surface area (Å²) in [6.45, 7) is 4.50. The summed E-state index contributed by atoms with van der Waals surface area (Å²) in [7, 11) is 0. The molecule has 3 rings (SSSR count). The summed E-state index contributed by atoms with van der Waals surface area (Å²) in [4.78, 5) is 2.58. The van der Waals surface area contributed by atoms with Gasteiger partial charge in [0.15, 0.2) is 0 Å². The van der Waals surface area contributed by atoms with Gasteiger partial charge in [0.2, 0.25) is 0 Å². The van der Waals surface area contributed by atoms with Crippen LogP contribution in [0, 0.1) is 0 Å². The second-order valence-corrected chi connectivity index (χ2v) is 5.97. The Balaban J connectivity index is 2.14. The van der Waals surface area contributed by atoms with E-state index in [1.54, 1.807) is 0 Å². The van der Waals surface area contributed by atoms with E-state index in [9.17, 15) is 0 Å². The van der Waals surface area contributed by atoms with Gasteiger partial charge in [-0.2, -0.15) is 0 Å². The highest BCUT2D eigenvalue weighted by Gasteiger charge is 2.31. The van der Waals surface area contributed by atoms with E-state index in [0.29, 0.717) is 6.04 Å². The lowest BCUT2D eigenvalue weighted by Gasteiger charge is -2.28. The molecule has 2 aromatic carbocycles. The Morgan fingerprint density at radius 2 is 1.47 bits per heavy atom. The standard InChI is InChI=1S/C17H18IN/c1-2-19(12-11-18)17-15-9-5-3-7-13(15)14-8-4-6-10-16(14)17/h3-10,17H,2,11-12H2,1H3. The van der Waals surface area contributed by atoms with Crippen molar-refractivity contribution in [1.29, 1.82) is 0 Å². The lowest BCUT2D eigenvalue weighted by molar-refractivity contribution is 0.258. The summed E-state index contributed by atoms with van der Waals surface area (Å²) >= 11 is 2.47. The van der Waals surface area contributed by atoms with Gasteiger partial charge in [-0.25, -0.2) is 0 Å². The van der Waals surface area contributed by atoms with Crippen molar-refractivity contribution < 1.29 is 0 Å². The van der Waals surface area contributed by atoms with E-state index in [-0.39, 0.29) is 0 Å². The van der Waals surface area contributed by atoms with Crippen LogP contribution in [0.1, 0.15) is 24.1 Å². The highest BCUT2D eigenvalue weighted by molar-refractivity contribution is 14.1. The van der Waals surface area contributed by atoms with Gasteiger partial charge in [0.05, 0.1) is 6.04 Å². The molecule has 0 amide bonds. The van der Waals surface area contributed by atoms with Crippen molar-refractivity contribution in [3.8, 4) is 11.1 Å². The minimum absolute atomic E-state index is 0.437. The number of rotatable bonds is 4. The zero-order chi connectivity index (χ0) is 13.2. The molecule has 0 spiro atoms. The van der Waals surface area contributed by atoms with Crippen molar-refractivity contribution in [1.82, 2.24) is 4.90 Å². The van der Waals surface area contributed by atoms with Crippen LogP contribution in [0.25, 0.3) is 11.1 Å². The molecule has 0 radical (unpaired) electrons. The van der Waals surface area contributed by atoms with Crippen LogP contribution < -0.4 is 0 Å². The van der Waals surface area contributed by atoms with Gasteiger partial charge in [-0.05, 0) is 28.8 Å². The van der Waals surface area contributed by atoms with Crippen LogP contribution in [0.15, 0.2) is 48.5 Å². The summed E-state index contributed by atoms with van der Waals surface area (Å²) in [6.07, 6.45) is 0. The maximum absolute atomic E-state index is 2.58. The average molecular weight is 363 g/mol. The Hall–Kier alpha value is -0.870. The zero-order valence-corrected chi connectivity index (χ0v) is 13.3. The number of benzene rings is 2. The number of alkyl halides is 1. The molecular weight excluding hydrogens is 345 g/mol. The van der Waals surface area contributed by atoms with Crippen LogP contribution in [0.2, 0.25) is 0 Å². The third-order valence-electron chi connectivity index (χ3n) is 3.94. The van der Waals surface area contributed by atoms with Crippen LogP contribution in [0.3, 0.4) is 0 Å². The van der Waals surface area contributed by atoms with E-state index in [1.807, 2.05) is 0 Å². The lowest BCUT2D eigenvalue weighted by atomic mass is 10.0. The molecule has 1 aliphatic carbocycles. The first kappa shape index (κ1) is 13.1. The molecule has 1 aliphatic rings. The third kappa shape index (κ3) is 2.21. The number of nitrogens with zero attached hydrogens (tertiary/aromatic N) is 1. The van der Waals surface area contributed by atoms with Crippen molar-refractivity contribution in [3.63, 3.8) is 0 Å². The molecule has 1 nitrogen and oxygen atoms in total. The van der Waals surface area contributed by atoms with Crippen molar-refractivity contribution in [2.45, 2.75) is 13.0 Å². The van der Waals surface area contributed by atoms with Gasteiger partial charge >= 0.3 is 0 Å². The predicted molar refractivity (Wildman–Crippen MR) is 89.9 cm³/mol. The summed E-state index contributed by atoms with van der Waals surface area (Å²) in [5.74, 6) is 0. The molecule has 0 bridgehead atoms. The first-order chi connectivity index (χ1) is 9.36. The topological polar surface area (TPSA) is 3.24 Å².